The van der Waals surface area contributed by atoms with Crippen molar-refractivity contribution in [3.63, 3.8) is 0 Å². The number of phenolic OH excluding ortho intramolecular Hbond substituents is 1. The van der Waals surface area contributed by atoms with Crippen LogP contribution in [0.15, 0.2) is 61.2 Å². The summed E-state index contributed by atoms with van der Waals surface area (Å²) >= 11 is 0. The minimum Gasteiger partial charge on any atom is -0.507 e. The minimum absolute atomic E-state index is 0.111. The van der Waals surface area contributed by atoms with Gasteiger partial charge in [0.05, 0.1) is 6.04 Å². The predicted octanol–water partition coefficient (Wildman–Crippen LogP) is 3.82. The highest BCUT2D eigenvalue weighted by Gasteiger charge is 2.41. The molecule has 0 saturated carbocycles. The van der Waals surface area contributed by atoms with Gasteiger partial charge in [0.25, 0.3) is 5.91 Å². The molecule has 5 nitrogen and oxygen atoms in total. The fourth-order valence-electron chi connectivity index (χ4n) is 3.50. The lowest BCUT2D eigenvalue weighted by Gasteiger charge is -2.25. The van der Waals surface area contributed by atoms with E-state index < -0.39 is 0 Å². The van der Waals surface area contributed by atoms with Crippen molar-refractivity contribution in [3.8, 4) is 17.0 Å². The fraction of sp³-hybridized carbons (Fsp3) is 0.143. The van der Waals surface area contributed by atoms with Crippen LogP contribution in [0, 0.1) is 6.92 Å². The highest BCUT2D eigenvalue weighted by atomic mass is 16.3. The Morgan fingerprint density at radius 2 is 1.96 bits per heavy atom. The van der Waals surface area contributed by atoms with Gasteiger partial charge in [-0.3, -0.25) is 9.89 Å². The zero-order chi connectivity index (χ0) is 18.3. The summed E-state index contributed by atoms with van der Waals surface area (Å²) in [6.45, 7) is 6.24. The third-order valence-corrected chi connectivity index (χ3v) is 4.74. The molecular weight excluding hydrogens is 326 g/mol. The second-order valence-corrected chi connectivity index (χ2v) is 6.44. The first-order chi connectivity index (χ1) is 12.6. The molecule has 3 aromatic rings. The molecule has 0 saturated heterocycles. The number of nitrogens with zero attached hydrogens (tertiary/aromatic N) is 2. The fourth-order valence-corrected chi connectivity index (χ4v) is 3.50. The van der Waals surface area contributed by atoms with Crippen LogP contribution in [0.25, 0.3) is 11.3 Å². The quantitative estimate of drug-likeness (QED) is 0.706. The van der Waals surface area contributed by atoms with Crippen molar-refractivity contribution in [2.24, 2.45) is 0 Å². The molecule has 1 unspecified atom stereocenters. The second-order valence-electron chi connectivity index (χ2n) is 6.44. The van der Waals surface area contributed by atoms with Gasteiger partial charge >= 0.3 is 0 Å². The molecule has 2 aromatic carbocycles. The number of amides is 1. The standard InChI is InChI=1S/C21H19N3O2/c1-3-12-24-20(14-10-8-13(2)9-11-14)17-18(22-23-19(17)21(24)26)15-6-4-5-7-16(15)25/h3-11,20,25H,1,12H2,2H3,(H,22,23). The minimum atomic E-state index is -0.274. The van der Waals surface area contributed by atoms with E-state index in [-0.39, 0.29) is 17.7 Å². The zero-order valence-electron chi connectivity index (χ0n) is 14.4. The maximum Gasteiger partial charge on any atom is 0.273 e. The van der Waals surface area contributed by atoms with E-state index in [1.807, 2.05) is 37.3 Å². The average molecular weight is 345 g/mol. The average Bonchev–Trinajstić information content (AvgIpc) is 3.17. The monoisotopic (exact) mass is 345 g/mol. The Kier molecular flexibility index (Phi) is 3.84. The van der Waals surface area contributed by atoms with Crippen molar-refractivity contribution >= 4 is 5.91 Å². The van der Waals surface area contributed by atoms with Crippen molar-refractivity contribution < 1.29 is 9.90 Å². The summed E-state index contributed by atoms with van der Waals surface area (Å²) in [5.74, 6) is 0.0266. The van der Waals surface area contributed by atoms with Gasteiger partial charge in [-0.25, -0.2) is 0 Å². The molecule has 0 spiro atoms. The number of hydrogen-bond donors (Lipinski definition) is 2. The lowest BCUT2D eigenvalue weighted by Crippen LogP contribution is -2.29. The molecule has 0 aliphatic carbocycles. The van der Waals surface area contributed by atoms with Crippen LogP contribution in [0.4, 0.5) is 0 Å². The predicted molar refractivity (Wildman–Crippen MR) is 99.9 cm³/mol. The maximum atomic E-state index is 12.9. The van der Waals surface area contributed by atoms with Crippen molar-refractivity contribution in [3.05, 3.63) is 83.6 Å². The number of rotatable bonds is 4. The van der Waals surface area contributed by atoms with Crippen LogP contribution < -0.4 is 0 Å². The molecule has 0 bridgehead atoms. The summed E-state index contributed by atoms with van der Waals surface area (Å²) in [5.41, 5.74) is 4.63. The van der Waals surface area contributed by atoms with Crippen molar-refractivity contribution in [1.82, 2.24) is 15.1 Å². The van der Waals surface area contributed by atoms with E-state index in [1.165, 1.54) is 0 Å². The van der Waals surface area contributed by atoms with E-state index >= 15 is 0 Å². The number of aromatic nitrogens is 2. The normalized spacial score (nSPS) is 16.0. The van der Waals surface area contributed by atoms with Gasteiger partial charge in [-0.15, -0.1) is 6.58 Å². The number of nitrogens with one attached hydrogen (secondary N) is 1. The molecule has 2 N–H and O–H groups in total. The lowest BCUT2D eigenvalue weighted by atomic mass is 9.95. The van der Waals surface area contributed by atoms with Gasteiger partial charge in [-0.1, -0.05) is 48.0 Å². The van der Waals surface area contributed by atoms with E-state index in [1.54, 1.807) is 29.2 Å². The van der Waals surface area contributed by atoms with E-state index in [2.05, 4.69) is 16.8 Å². The number of fused-ring (bicyclic) bond motifs is 1. The third kappa shape index (κ3) is 2.40. The Hall–Kier alpha value is -3.34. The second kappa shape index (κ2) is 6.19. The molecule has 2 heterocycles. The van der Waals surface area contributed by atoms with Crippen LogP contribution in [-0.2, 0) is 0 Å². The highest BCUT2D eigenvalue weighted by molar-refractivity contribution is 6.00. The van der Waals surface area contributed by atoms with E-state index in [0.717, 1.165) is 16.7 Å². The van der Waals surface area contributed by atoms with Crippen LogP contribution in [0.1, 0.15) is 33.2 Å². The van der Waals surface area contributed by atoms with Crippen LogP contribution in [0.5, 0.6) is 5.75 Å². The van der Waals surface area contributed by atoms with Crippen LogP contribution >= 0.6 is 0 Å². The Balaban J connectivity index is 1.92. The van der Waals surface area contributed by atoms with Crippen molar-refractivity contribution in [1.29, 1.82) is 0 Å². The molecule has 1 atom stereocenters. The summed E-state index contributed by atoms with van der Waals surface area (Å²) in [6, 6.07) is 14.9. The first-order valence-corrected chi connectivity index (χ1v) is 8.47. The molecule has 130 valence electrons. The Morgan fingerprint density at radius 1 is 1.23 bits per heavy atom. The number of benzene rings is 2. The van der Waals surface area contributed by atoms with Gasteiger partial charge in [-0.2, -0.15) is 5.10 Å². The Morgan fingerprint density at radius 3 is 2.65 bits per heavy atom. The number of aromatic amines is 1. The number of hydrogen-bond acceptors (Lipinski definition) is 3. The maximum absolute atomic E-state index is 12.9. The molecule has 1 aliphatic heterocycles. The zero-order valence-corrected chi connectivity index (χ0v) is 14.4. The molecule has 1 aromatic heterocycles. The third-order valence-electron chi connectivity index (χ3n) is 4.74. The first kappa shape index (κ1) is 16.1. The van der Waals surface area contributed by atoms with Crippen LogP contribution in [0.2, 0.25) is 0 Å². The molecule has 1 aliphatic rings. The van der Waals surface area contributed by atoms with Crippen LogP contribution in [0.3, 0.4) is 0 Å². The largest absolute Gasteiger partial charge is 0.507 e. The van der Waals surface area contributed by atoms with Crippen molar-refractivity contribution in [2.45, 2.75) is 13.0 Å². The molecular formula is C21H19N3O2. The van der Waals surface area contributed by atoms with E-state index in [9.17, 15) is 9.90 Å². The first-order valence-electron chi connectivity index (χ1n) is 8.47. The van der Waals surface area contributed by atoms with E-state index in [4.69, 9.17) is 0 Å². The number of phenols is 1. The summed E-state index contributed by atoms with van der Waals surface area (Å²) < 4.78 is 0. The van der Waals surface area contributed by atoms with Gasteiger partial charge in [-0.05, 0) is 24.6 Å². The van der Waals surface area contributed by atoms with Gasteiger partial charge in [0.15, 0.2) is 0 Å². The van der Waals surface area contributed by atoms with Crippen molar-refractivity contribution in [2.75, 3.05) is 6.54 Å². The molecule has 5 heteroatoms. The molecule has 4 rings (SSSR count). The molecule has 26 heavy (non-hydrogen) atoms. The van der Waals surface area contributed by atoms with Crippen LogP contribution in [-0.4, -0.2) is 32.7 Å². The Labute approximate surface area is 151 Å². The van der Waals surface area contributed by atoms with Gasteiger partial charge in [0.1, 0.15) is 17.1 Å². The number of carbonyl (C=O) groups excluding carboxylic acids is 1. The summed E-state index contributed by atoms with van der Waals surface area (Å²) in [4.78, 5) is 14.7. The Bertz CT molecular complexity index is 989. The van der Waals surface area contributed by atoms with Gasteiger partial charge < -0.3 is 10.0 Å². The van der Waals surface area contributed by atoms with Gasteiger partial charge in [0, 0.05) is 17.7 Å². The highest BCUT2D eigenvalue weighted by Crippen LogP contribution is 2.44. The number of H-pyrrole nitrogens is 1. The number of carbonyl (C=O) groups is 1. The smallest absolute Gasteiger partial charge is 0.273 e. The lowest BCUT2D eigenvalue weighted by molar-refractivity contribution is 0.0764. The number of aromatic hydroxyl groups is 1. The number of aryl methyl sites for hydroxylation is 1. The summed E-state index contributed by atoms with van der Waals surface area (Å²) in [6.07, 6.45) is 1.72. The SMILES string of the molecule is C=CCN1C(=O)c2[nH]nc(-c3ccccc3O)c2C1c1ccc(C)cc1. The summed E-state index contributed by atoms with van der Waals surface area (Å²) in [7, 11) is 0. The molecule has 1 amide bonds. The molecule has 0 radical (unpaired) electrons. The molecule has 0 fully saturated rings. The topological polar surface area (TPSA) is 69.2 Å². The van der Waals surface area contributed by atoms with E-state index in [0.29, 0.717) is 23.5 Å². The van der Waals surface area contributed by atoms with Gasteiger partial charge in [0.2, 0.25) is 0 Å². The number of para-hydroxylation sites is 1. The summed E-state index contributed by atoms with van der Waals surface area (Å²) in [5, 5.41) is 17.5.